The SMILES string of the molecule is CCCn1ncc(Cl)c1C(=O)Cn1cc(CN)nn1. The molecular weight excluding hydrogens is 268 g/mol. The van der Waals surface area contributed by atoms with Crippen molar-refractivity contribution in [2.24, 2.45) is 5.73 Å². The Morgan fingerprint density at radius 1 is 1.53 bits per heavy atom. The van der Waals surface area contributed by atoms with Gasteiger partial charge in [-0.05, 0) is 6.42 Å². The number of nitrogens with zero attached hydrogens (tertiary/aromatic N) is 5. The number of aromatic nitrogens is 5. The van der Waals surface area contributed by atoms with Gasteiger partial charge in [0, 0.05) is 13.1 Å². The van der Waals surface area contributed by atoms with Gasteiger partial charge in [0.1, 0.15) is 12.2 Å². The van der Waals surface area contributed by atoms with E-state index in [2.05, 4.69) is 15.4 Å². The Morgan fingerprint density at radius 2 is 2.32 bits per heavy atom. The third-order valence-electron chi connectivity index (χ3n) is 2.60. The monoisotopic (exact) mass is 282 g/mol. The number of rotatable bonds is 6. The number of carbonyl (C=O) groups excluding carboxylic acids is 1. The average Bonchev–Trinajstić information content (AvgIpc) is 2.97. The van der Waals surface area contributed by atoms with Crippen LogP contribution in [0.3, 0.4) is 0 Å². The van der Waals surface area contributed by atoms with E-state index in [9.17, 15) is 4.79 Å². The molecule has 0 aliphatic heterocycles. The maximum Gasteiger partial charge on any atom is 0.203 e. The fraction of sp³-hybridized carbons (Fsp3) is 0.455. The Bertz CT molecular complexity index is 576. The molecule has 0 spiro atoms. The van der Waals surface area contributed by atoms with Crippen molar-refractivity contribution in [1.82, 2.24) is 24.8 Å². The zero-order valence-electron chi connectivity index (χ0n) is 10.6. The molecule has 0 aromatic carbocycles. The van der Waals surface area contributed by atoms with Crippen molar-refractivity contribution in [1.29, 1.82) is 0 Å². The summed E-state index contributed by atoms with van der Waals surface area (Å²) in [5.41, 5.74) is 6.49. The van der Waals surface area contributed by atoms with Gasteiger partial charge in [-0.25, -0.2) is 4.68 Å². The second-order valence-corrected chi connectivity index (χ2v) is 4.51. The van der Waals surface area contributed by atoms with Crippen LogP contribution in [0.2, 0.25) is 5.02 Å². The van der Waals surface area contributed by atoms with E-state index in [0.717, 1.165) is 6.42 Å². The molecule has 102 valence electrons. The molecule has 2 N–H and O–H groups in total. The van der Waals surface area contributed by atoms with E-state index >= 15 is 0 Å². The Kier molecular flexibility index (Phi) is 4.28. The lowest BCUT2D eigenvalue weighted by molar-refractivity contribution is 0.0956. The van der Waals surface area contributed by atoms with Crippen LogP contribution in [0.5, 0.6) is 0 Å². The highest BCUT2D eigenvalue weighted by molar-refractivity contribution is 6.33. The molecule has 8 heteroatoms. The number of hydrogen-bond donors (Lipinski definition) is 1. The topological polar surface area (TPSA) is 91.6 Å². The third-order valence-corrected chi connectivity index (χ3v) is 2.87. The van der Waals surface area contributed by atoms with E-state index in [4.69, 9.17) is 17.3 Å². The Hall–Kier alpha value is -1.73. The molecule has 2 aromatic rings. The van der Waals surface area contributed by atoms with E-state index in [-0.39, 0.29) is 12.3 Å². The van der Waals surface area contributed by atoms with Gasteiger partial charge in [-0.1, -0.05) is 23.7 Å². The molecule has 2 heterocycles. The fourth-order valence-electron chi connectivity index (χ4n) is 1.75. The van der Waals surface area contributed by atoms with E-state index in [1.165, 1.54) is 10.9 Å². The quantitative estimate of drug-likeness (QED) is 0.794. The summed E-state index contributed by atoms with van der Waals surface area (Å²) < 4.78 is 3.07. The van der Waals surface area contributed by atoms with Crippen LogP contribution in [0.4, 0.5) is 0 Å². The van der Waals surface area contributed by atoms with Crippen molar-refractivity contribution in [2.75, 3.05) is 0 Å². The van der Waals surface area contributed by atoms with Crippen LogP contribution < -0.4 is 5.73 Å². The van der Waals surface area contributed by atoms with Crippen LogP contribution in [-0.2, 0) is 19.6 Å². The molecule has 0 aliphatic carbocycles. The first-order chi connectivity index (χ1) is 9.15. The highest BCUT2D eigenvalue weighted by Crippen LogP contribution is 2.16. The molecule has 7 nitrogen and oxygen atoms in total. The predicted molar refractivity (Wildman–Crippen MR) is 69.8 cm³/mol. The van der Waals surface area contributed by atoms with Crippen molar-refractivity contribution in [2.45, 2.75) is 33.0 Å². The minimum Gasteiger partial charge on any atom is -0.325 e. The number of halogens is 1. The maximum absolute atomic E-state index is 12.2. The highest BCUT2D eigenvalue weighted by atomic mass is 35.5. The summed E-state index contributed by atoms with van der Waals surface area (Å²) in [6.07, 6.45) is 4.00. The molecule has 0 saturated carbocycles. The van der Waals surface area contributed by atoms with Crippen molar-refractivity contribution >= 4 is 17.4 Å². The molecule has 0 atom stereocenters. The van der Waals surface area contributed by atoms with Crippen molar-refractivity contribution in [3.05, 3.63) is 28.8 Å². The standard InChI is InChI=1S/C11H15ClN6O/c1-2-3-18-11(9(12)5-14-18)10(19)7-17-6-8(4-13)15-16-17/h5-6H,2-4,7,13H2,1H3. The number of carbonyl (C=O) groups is 1. The van der Waals surface area contributed by atoms with Gasteiger partial charge < -0.3 is 5.73 Å². The lowest BCUT2D eigenvalue weighted by Crippen LogP contribution is -2.17. The summed E-state index contributed by atoms with van der Waals surface area (Å²) >= 11 is 6.00. The smallest absolute Gasteiger partial charge is 0.203 e. The van der Waals surface area contributed by atoms with Crippen molar-refractivity contribution in [3.63, 3.8) is 0 Å². The van der Waals surface area contributed by atoms with Gasteiger partial charge in [0.05, 0.1) is 23.1 Å². The van der Waals surface area contributed by atoms with Gasteiger partial charge >= 0.3 is 0 Å². The summed E-state index contributed by atoms with van der Waals surface area (Å²) in [5.74, 6) is -0.149. The van der Waals surface area contributed by atoms with E-state index in [0.29, 0.717) is 29.5 Å². The molecule has 0 saturated heterocycles. The van der Waals surface area contributed by atoms with E-state index < -0.39 is 0 Å². The molecule has 2 rings (SSSR count). The summed E-state index contributed by atoms with van der Waals surface area (Å²) in [4.78, 5) is 12.2. The maximum atomic E-state index is 12.2. The zero-order chi connectivity index (χ0) is 13.8. The lowest BCUT2D eigenvalue weighted by atomic mass is 10.2. The Balaban J connectivity index is 2.17. The zero-order valence-corrected chi connectivity index (χ0v) is 11.3. The van der Waals surface area contributed by atoms with Crippen LogP contribution in [0.25, 0.3) is 0 Å². The molecule has 0 radical (unpaired) electrons. The molecule has 0 fully saturated rings. The van der Waals surface area contributed by atoms with Crippen LogP contribution in [-0.4, -0.2) is 30.6 Å². The van der Waals surface area contributed by atoms with Gasteiger partial charge in [0.25, 0.3) is 0 Å². The van der Waals surface area contributed by atoms with Gasteiger partial charge in [0.15, 0.2) is 0 Å². The molecule has 2 aromatic heterocycles. The minimum absolute atomic E-state index is 0.0716. The second-order valence-electron chi connectivity index (χ2n) is 4.10. The van der Waals surface area contributed by atoms with Gasteiger partial charge in [0.2, 0.25) is 5.78 Å². The first-order valence-corrected chi connectivity index (χ1v) is 6.37. The number of Topliss-reactive ketones (excluding diaryl/α,β-unsaturated/α-hetero) is 1. The van der Waals surface area contributed by atoms with Gasteiger partial charge in [-0.3, -0.25) is 9.48 Å². The average molecular weight is 283 g/mol. The summed E-state index contributed by atoms with van der Waals surface area (Å²) in [5, 5.41) is 12.1. The molecule has 0 amide bonds. The number of hydrogen-bond acceptors (Lipinski definition) is 5. The minimum atomic E-state index is -0.149. The molecule has 0 unspecified atom stereocenters. The lowest BCUT2D eigenvalue weighted by Gasteiger charge is -2.05. The Labute approximate surface area is 115 Å². The number of ketones is 1. The summed E-state index contributed by atoms with van der Waals surface area (Å²) in [7, 11) is 0. The molecular formula is C11H15ClN6O. The van der Waals surface area contributed by atoms with E-state index in [1.807, 2.05) is 6.92 Å². The van der Waals surface area contributed by atoms with Crippen LogP contribution in [0.15, 0.2) is 12.4 Å². The normalized spacial score (nSPS) is 10.9. The fourth-order valence-corrected chi connectivity index (χ4v) is 2.00. The molecule has 0 aliphatic rings. The third kappa shape index (κ3) is 2.99. The number of aryl methyl sites for hydroxylation is 1. The number of nitrogens with two attached hydrogens (primary N) is 1. The van der Waals surface area contributed by atoms with Crippen LogP contribution in [0, 0.1) is 0 Å². The first kappa shape index (κ1) is 13.7. The largest absolute Gasteiger partial charge is 0.325 e. The molecule has 19 heavy (non-hydrogen) atoms. The van der Waals surface area contributed by atoms with Crippen molar-refractivity contribution < 1.29 is 4.79 Å². The van der Waals surface area contributed by atoms with Crippen molar-refractivity contribution in [3.8, 4) is 0 Å². The highest BCUT2D eigenvalue weighted by Gasteiger charge is 2.18. The van der Waals surface area contributed by atoms with Crippen LogP contribution >= 0.6 is 11.6 Å². The van der Waals surface area contributed by atoms with Crippen LogP contribution in [0.1, 0.15) is 29.5 Å². The second kappa shape index (κ2) is 5.94. The Morgan fingerprint density at radius 3 is 2.95 bits per heavy atom. The molecule has 0 bridgehead atoms. The van der Waals surface area contributed by atoms with E-state index in [1.54, 1.807) is 10.9 Å². The first-order valence-electron chi connectivity index (χ1n) is 5.99. The summed E-state index contributed by atoms with van der Waals surface area (Å²) in [6, 6.07) is 0. The van der Waals surface area contributed by atoms with Gasteiger partial charge in [-0.2, -0.15) is 5.10 Å². The summed E-state index contributed by atoms with van der Waals surface area (Å²) in [6.45, 7) is 3.03. The predicted octanol–water partition coefficient (Wildman–Crippen LogP) is 0.880. The van der Waals surface area contributed by atoms with Gasteiger partial charge in [-0.15, -0.1) is 5.10 Å².